The first-order chi connectivity index (χ1) is 10.2. The van der Waals surface area contributed by atoms with Gasteiger partial charge in [0.15, 0.2) is 0 Å². The first kappa shape index (κ1) is 15.5. The van der Waals surface area contributed by atoms with E-state index < -0.39 is 0 Å². The second-order valence-corrected chi connectivity index (χ2v) is 5.20. The summed E-state index contributed by atoms with van der Waals surface area (Å²) in [6.45, 7) is 4.78. The number of hydrogen-bond acceptors (Lipinski definition) is 4. The molecule has 2 N–H and O–H groups in total. The maximum absolute atomic E-state index is 12.7. The standard InChI is InChI=1S/C16H22N4O/c1-3-14-12-20(11-10-19(14)2)16(21)15-13(6-4-8-17)7-5-9-18-15/h5,7,9,14H,3,8,10-12,17H2,1-2H3. The van der Waals surface area contributed by atoms with E-state index in [0.29, 0.717) is 17.3 Å². The van der Waals surface area contributed by atoms with Crippen LogP contribution in [0.5, 0.6) is 0 Å². The van der Waals surface area contributed by atoms with Gasteiger partial charge in [0.2, 0.25) is 0 Å². The fourth-order valence-electron chi connectivity index (χ4n) is 2.54. The van der Waals surface area contributed by atoms with E-state index in [4.69, 9.17) is 5.73 Å². The highest BCUT2D eigenvalue weighted by Crippen LogP contribution is 2.15. The van der Waals surface area contributed by atoms with Gasteiger partial charge in [-0.3, -0.25) is 9.69 Å². The zero-order valence-electron chi connectivity index (χ0n) is 12.7. The molecular weight excluding hydrogens is 264 g/mol. The van der Waals surface area contributed by atoms with E-state index in [2.05, 4.69) is 35.7 Å². The van der Waals surface area contributed by atoms with Gasteiger partial charge in [0.1, 0.15) is 5.69 Å². The Kier molecular flexibility index (Phi) is 5.32. The predicted molar refractivity (Wildman–Crippen MR) is 82.8 cm³/mol. The molecule has 1 aliphatic rings. The molecule has 0 bridgehead atoms. The quantitative estimate of drug-likeness (QED) is 0.807. The molecule has 1 aliphatic heterocycles. The van der Waals surface area contributed by atoms with Gasteiger partial charge < -0.3 is 10.6 Å². The SMILES string of the molecule is CCC1CN(C(=O)c2ncccc2C#CCN)CCN1C. The molecule has 5 heteroatoms. The molecule has 0 radical (unpaired) electrons. The maximum atomic E-state index is 12.7. The van der Waals surface area contributed by atoms with Crippen molar-refractivity contribution < 1.29 is 4.79 Å². The van der Waals surface area contributed by atoms with Crippen LogP contribution in [0.25, 0.3) is 0 Å². The van der Waals surface area contributed by atoms with E-state index in [0.717, 1.165) is 26.1 Å². The van der Waals surface area contributed by atoms with Crippen LogP contribution in [0.15, 0.2) is 18.3 Å². The van der Waals surface area contributed by atoms with Gasteiger partial charge in [0.25, 0.3) is 5.91 Å². The molecule has 1 amide bonds. The summed E-state index contributed by atoms with van der Waals surface area (Å²) >= 11 is 0. The number of pyridine rings is 1. The number of aromatic nitrogens is 1. The van der Waals surface area contributed by atoms with E-state index in [1.165, 1.54) is 0 Å². The van der Waals surface area contributed by atoms with Crippen LogP contribution in [0.2, 0.25) is 0 Å². The van der Waals surface area contributed by atoms with E-state index in [1.807, 2.05) is 11.0 Å². The lowest BCUT2D eigenvalue weighted by Gasteiger charge is -2.39. The van der Waals surface area contributed by atoms with Crippen LogP contribution in [-0.2, 0) is 0 Å². The van der Waals surface area contributed by atoms with Crippen molar-refractivity contribution in [2.24, 2.45) is 5.73 Å². The van der Waals surface area contributed by atoms with Crippen LogP contribution >= 0.6 is 0 Å². The normalized spacial score (nSPS) is 19.0. The van der Waals surface area contributed by atoms with Crippen molar-refractivity contribution in [3.8, 4) is 11.8 Å². The highest BCUT2D eigenvalue weighted by Gasteiger charge is 2.28. The fraction of sp³-hybridized carbons (Fsp3) is 0.500. The first-order valence-corrected chi connectivity index (χ1v) is 7.30. The molecule has 2 heterocycles. The van der Waals surface area contributed by atoms with E-state index in [9.17, 15) is 4.79 Å². The van der Waals surface area contributed by atoms with Gasteiger partial charge in [0.05, 0.1) is 12.1 Å². The Morgan fingerprint density at radius 3 is 3.05 bits per heavy atom. The lowest BCUT2D eigenvalue weighted by Crippen LogP contribution is -2.53. The number of carbonyl (C=O) groups excluding carboxylic acids is 1. The van der Waals surface area contributed by atoms with Gasteiger partial charge in [-0.05, 0) is 25.6 Å². The zero-order chi connectivity index (χ0) is 15.2. The Labute approximate surface area is 126 Å². The average molecular weight is 286 g/mol. The number of nitrogens with two attached hydrogens (primary N) is 1. The third-order valence-electron chi connectivity index (χ3n) is 3.87. The van der Waals surface area contributed by atoms with Crippen molar-refractivity contribution in [3.63, 3.8) is 0 Å². The zero-order valence-corrected chi connectivity index (χ0v) is 12.7. The van der Waals surface area contributed by atoms with Crippen LogP contribution in [0.3, 0.4) is 0 Å². The molecular formula is C16H22N4O. The smallest absolute Gasteiger partial charge is 0.273 e. The summed E-state index contributed by atoms with van der Waals surface area (Å²) in [5.74, 6) is 5.68. The molecule has 1 atom stereocenters. The van der Waals surface area contributed by atoms with Crippen LogP contribution in [0.1, 0.15) is 29.4 Å². The number of amides is 1. The Morgan fingerprint density at radius 2 is 2.33 bits per heavy atom. The Hall–Kier alpha value is -1.90. The second kappa shape index (κ2) is 7.21. The van der Waals surface area contributed by atoms with E-state index >= 15 is 0 Å². The van der Waals surface area contributed by atoms with Gasteiger partial charge in [-0.15, -0.1) is 0 Å². The highest BCUT2D eigenvalue weighted by molar-refractivity contribution is 5.94. The maximum Gasteiger partial charge on any atom is 0.273 e. The lowest BCUT2D eigenvalue weighted by atomic mass is 10.1. The van der Waals surface area contributed by atoms with E-state index in [-0.39, 0.29) is 12.5 Å². The minimum absolute atomic E-state index is 0.0385. The minimum Gasteiger partial charge on any atom is -0.334 e. The number of likely N-dealkylation sites (N-methyl/N-ethyl adjacent to an activating group) is 1. The fourth-order valence-corrected chi connectivity index (χ4v) is 2.54. The molecule has 2 rings (SSSR count). The molecule has 1 fully saturated rings. The van der Waals surface area contributed by atoms with Gasteiger partial charge in [-0.2, -0.15) is 0 Å². The van der Waals surface area contributed by atoms with Crippen LogP contribution in [0, 0.1) is 11.8 Å². The number of piperazine rings is 1. The monoisotopic (exact) mass is 286 g/mol. The number of rotatable bonds is 2. The molecule has 0 spiro atoms. The molecule has 1 aromatic rings. The summed E-state index contributed by atoms with van der Waals surface area (Å²) in [6.07, 6.45) is 2.66. The summed E-state index contributed by atoms with van der Waals surface area (Å²) in [7, 11) is 2.11. The third kappa shape index (κ3) is 3.60. The predicted octanol–water partition coefficient (Wildman–Crippen LogP) is 0.558. The first-order valence-electron chi connectivity index (χ1n) is 7.30. The highest BCUT2D eigenvalue weighted by atomic mass is 16.2. The summed E-state index contributed by atoms with van der Waals surface area (Å²) in [4.78, 5) is 21.1. The Morgan fingerprint density at radius 1 is 1.52 bits per heavy atom. The minimum atomic E-state index is -0.0385. The second-order valence-electron chi connectivity index (χ2n) is 5.20. The largest absolute Gasteiger partial charge is 0.334 e. The van der Waals surface area contributed by atoms with Gasteiger partial charge >= 0.3 is 0 Å². The van der Waals surface area contributed by atoms with Crippen LogP contribution in [-0.4, -0.2) is 60.0 Å². The van der Waals surface area contributed by atoms with Crippen molar-refractivity contribution in [1.82, 2.24) is 14.8 Å². The third-order valence-corrected chi connectivity index (χ3v) is 3.87. The molecule has 1 saturated heterocycles. The summed E-state index contributed by atoms with van der Waals surface area (Å²) < 4.78 is 0. The van der Waals surface area contributed by atoms with E-state index in [1.54, 1.807) is 12.3 Å². The lowest BCUT2D eigenvalue weighted by molar-refractivity contribution is 0.0536. The number of carbonyl (C=O) groups is 1. The average Bonchev–Trinajstić information content (AvgIpc) is 2.53. The van der Waals surface area contributed by atoms with Gasteiger partial charge in [0, 0.05) is 31.9 Å². The summed E-state index contributed by atoms with van der Waals surface area (Å²) in [6, 6.07) is 4.01. The Balaban J connectivity index is 2.20. The number of nitrogens with zero attached hydrogens (tertiary/aromatic N) is 3. The Bertz CT molecular complexity index is 561. The molecule has 21 heavy (non-hydrogen) atoms. The molecule has 0 aromatic carbocycles. The summed E-state index contributed by atoms with van der Waals surface area (Å²) in [5, 5.41) is 0. The van der Waals surface area contributed by atoms with Crippen molar-refractivity contribution >= 4 is 5.91 Å². The summed E-state index contributed by atoms with van der Waals surface area (Å²) in [5.41, 5.74) is 6.48. The molecule has 1 unspecified atom stereocenters. The number of hydrogen-bond donors (Lipinski definition) is 1. The van der Waals surface area contributed by atoms with Crippen molar-refractivity contribution in [2.45, 2.75) is 19.4 Å². The van der Waals surface area contributed by atoms with Crippen molar-refractivity contribution in [1.29, 1.82) is 0 Å². The van der Waals surface area contributed by atoms with Crippen molar-refractivity contribution in [3.05, 3.63) is 29.6 Å². The van der Waals surface area contributed by atoms with Crippen molar-refractivity contribution in [2.75, 3.05) is 33.2 Å². The molecule has 0 aliphatic carbocycles. The molecule has 0 saturated carbocycles. The molecule has 1 aromatic heterocycles. The van der Waals surface area contributed by atoms with Crippen LogP contribution < -0.4 is 5.73 Å². The molecule has 112 valence electrons. The van der Waals surface area contributed by atoms with Crippen LogP contribution in [0.4, 0.5) is 0 Å². The van der Waals surface area contributed by atoms with Gasteiger partial charge in [-0.1, -0.05) is 18.8 Å². The molecule has 5 nitrogen and oxygen atoms in total. The van der Waals surface area contributed by atoms with Gasteiger partial charge in [-0.25, -0.2) is 4.98 Å². The topological polar surface area (TPSA) is 62.5 Å².